The summed E-state index contributed by atoms with van der Waals surface area (Å²) in [6.07, 6.45) is 1.38. The van der Waals surface area contributed by atoms with Crippen molar-refractivity contribution >= 4 is 11.8 Å². The number of alkyl halides is 3. The lowest BCUT2D eigenvalue weighted by molar-refractivity contribution is -0.0330. The van der Waals surface area contributed by atoms with E-state index in [0.717, 1.165) is 0 Å². The van der Waals surface area contributed by atoms with Crippen molar-refractivity contribution < 1.29 is 17.9 Å². The molecule has 0 aromatic carbocycles. The Hall–Kier alpha value is -0.410. The van der Waals surface area contributed by atoms with Crippen molar-refractivity contribution in [2.75, 3.05) is 19.0 Å². The van der Waals surface area contributed by atoms with E-state index >= 15 is 0 Å². The average Bonchev–Trinajstić information content (AvgIpc) is 2.17. The number of halogens is 3. The number of ether oxygens (including phenoxy) is 1. The maximum absolute atomic E-state index is 11.9. The standard InChI is InChI=1S/C9H12F3NOS/c10-9(11,12)15-6-3-8(7-13)1-4-14-5-2-8/h1-6H2. The highest BCUT2D eigenvalue weighted by Gasteiger charge is 2.35. The highest BCUT2D eigenvalue weighted by atomic mass is 32.2. The molecule has 1 fully saturated rings. The third-order valence-corrected chi connectivity index (χ3v) is 3.27. The van der Waals surface area contributed by atoms with E-state index in [1.54, 1.807) is 0 Å². The van der Waals surface area contributed by atoms with Crippen molar-refractivity contribution in [1.29, 1.82) is 5.26 Å². The largest absolute Gasteiger partial charge is 0.441 e. The topological polar surface area (TPSA) is 33.0 Å². The zero-order chi connectivity index (χ0) is 11.4. The maximum Gasteiger partial charge on any atom is 0.441 e. The molecule has 0 atom stereocenters. The summed E-state index contributed by atoms with van der Waals surface area (Å²) in [5, 5.41) is 8.97. The van der Waals surface area contributed by atoms with Crippen LogP contribution in [0.2, 0.25) is 0 Å². The smallest absolute Gasteiger partial charge is 0.381 e. The summed E-state index contributed by atoms with van der Waals surface area (Å²) in [4.78, 5) is 0. The van der Waals surface area contributed by atoms with Crippen LogP contribution in [0, 0.1) is 16.7 Å². The zero-order valence-corrected chi connectivity index (χ0v) is 8.96. The van der Waals surface area contributed by atoms with Crippen LogP contribution in [0.4, 0.5) is 13.2 Å². The monoisotopic (exact) mass is 239 g/mol. The van der Waals surface area contributed by atoms with E-state index in [2.05, 4.69) is 6.07 Å². The van der Waals surface area contributed by atoms with Crippen LogP contribution in [-0.2, 0) is 4.74 Å². The van der Waals surface area contributed by atoms with Crippen molar-refractivity contribution in [3.63, 3.8) is 0 Å². The van der Waals surface area contributed by atoms with Crippen LogP contribution >= 0.6 is 11.8 Å². The van der Waals surface area contributed by atoms with Gasteiger partial charge in [0.1, 0.15) is 0 Å². The first-order valence-electron chi connectivity index (χ1n) is 4.67. The van der Waals surface area contributed by atoms with Crippen molar-refractivity contribution in [2.24, 2.45) is 5.41 Å². The number of rotatable bonds is 3. The molecule has 0 N–H and O–H groups in total. The molecule has 6 heteroatoms. The predicted molar refractivity (Wildman–Crippen MR) is 51.2 cm³/mol. The number of hydrogen-bond acceptors (Lipinski definition) is 3. The molecule has 0 amide bonds. The third-order valence-electron chi connectivity index (χ3n) is 2.53. The van der Waals surface area contributed by atoms with Gasteiger partial charge in [-0.15, -0.1) is 0 Å². The van der Waals surface area contributed by atoms with E-state index in [1.807, 2.05) is 0 Å². The van der Waals surface area contributed by atoms with E-state index in [1.165, 1.54) is 0 Å². The fourth-order valence-corrected chi connectivity index (χ4v) is 2.27. The molecule has 1 aliphatic rings. The number of thioether (sulfide) groups is 1. The van der Waals surface area contributed by atoms with Gasteiger partial charge in [0.05, 0.1) is 11.5 Å². The summed E-state index contributed by atoms with van der Waals surface area (Å²) in [6.45, 7) is 0.953. The molecule has 86 valence electrons. The van der Waals surface area contributed by atoms with Gasteiger partial charge < -0.3 is 4.74 Å². The second kappa shape index (κ2) is 5.08. The summed E-state index contributed by atoms with van der Waals surface area (Å²) in [7, 11) is 0. The van der Waals surface area contributed by atoms with Crippen molar-refractivity contribution in [3.05, 3.63) is 0 Å². The van der Waals surface area contributed by atoms with E-state index in [4.69, 9.17) is 10.00 Å². The van der Waals surface area contributed by atoms with E-state index in [-0.39, 0.29) is 23.9 Å². The second-order valence-corrected chi connectivity index (χ2v) is 4.71. The number of nitriles is 1. The van der Waals surface area contributed by atoms with Gasteiger partial charge in [0.25, 0.3) is 0 Å². The molecular weight excluding hydrogens is 227 g/mol. The van der Waals surface area contributed by atoms with Crippen LogP contribution in [0.1, 0.15) is 19.3 Å². The van der Waals surface area contributed by atoms with E-state index in [0.29, 0.717) is 26.1 Å². The minimum atomic E-state index is -4.19. The Labute approximate surface area is 90.8 Å². The predicted octanol–water partition coefficient (Wildman–Crippen LogP) is 2.95. The van der Waals surface area contributed by atoms with Crippen LogP contribution in [0.5, 0.6) is 0 Å². The summed E-state index contributed by atoms with van der Waals surface area (Å²) in [5.41, 5.74) is -4.79. The van der Waals surface area contributed by atoms with Crippen LogP contribution in [0.3, 0.4) is 0 Å². The molecule has 0 saturated carbocycles. The van der Waals surface area contributed by atoms with Crippen LogP contribution < -0.4 is 0 Å². The Kier molecular flexibility index (Phi) is 4.29. The fourth-order valence-electron chi connectivity index (χ4n) is 1.54. The lowest BCUT2D eigenvalue weighted by atomic mass is 9.79. The van der Waals surface area contributed by atoms with Gasteiger partial charge in [0.15, 0.2) is 0 Å². The fraction of sp³-hybridized carbons (Fsp3) is 0.889. The summed E-state index contributed by atoms with van der Waals surface area (Å²) in [6, 6.07) is 2.14. The van der Waals surface area contributed by atoms with Gasteiger partial charge in [-0.3, -0.25) is 0 Å². The zero-order valence-electron chi connectivity index (χ0n) is 8.14. The second-order valence-electron chi connectivity index (χ2n) is 3.55. The molecule has 2 nitrogen and oxygen atoms in total. The average molecular weight is 239 g/mol. The summed E-state index contributed by atoms with van der Waals surface area (Å²) in [5.74, 6) is -0.0446. The maximum atomic E-state index is 11.9. The van der Waals surface area contributed by atoms with Gasteiger partial charge >= 0.3 is 5.51 Å². The Balaban J connectivity index is 2.37. The minimum absolute atomic E-state index is 0.0446. The van der Waals surface area contributed by atoms with Gasteiger partial charge in [-0.2, -0.15) is 18.4 Å². The lowest BCUT2D eigenvalue weighted by Gasteiger charge is -2.30. The Morgan fingerprint density at radius 2 is 1.93 bits per heavy atom. The molecular formula is C9H12F3NOS. The van der Waals surface area contributed by atoms with Crippen LogP contribution in [0.25, 0.3) is 0 Å². The van der Waals surface area contributed by atoms with Crippen LogP contribution in [-0.4, -0.2) is 24.5 Å². The SMILES string of the molecule is N#CC1(CCSC(F)(F)F)CCOCC1. The first kappa shape index (κ1) is 12.7. The van der Waals surface area contributed by atoms with Crippen LogP contribution in [0.15, 0.2) is 0 Å². The molecule has 0 aromatic rings. The molecule has 1 saturated heterocycles. The molecule has 1 aliphatic heterocycles. The van der Waals surface area contributed by atoms with Gasteiger partial charge in [0.2, 0.25) is 0 Å². The van der Waals surface area contributed by atoms with Gasteiger partial charge in [-0.1, -0.05) is 11.8 Å². The Morgan fingerprint density at radius 3 is 2.40 bits per heavy atom. The van der Waals surface area contributed by atoms with Crippen molar-refractivity contribution in [2.45, 2.75) is 24.8 Å². The molecule has 0 radical (unpaired) electrons. The molecule has 0 spiro atoms. The molecule has 1 heterocycles. The van der Waals surface area contributed by atoms with Gasteiger partial charge in [-0.05, 0) is 19.3 Å². The molecule has 0 aromatic heterocycles. The normalized spacial score (nSPS) is 20.9. The molecule has 15 heavy (non-hydrogen) atoms. The Morgan fingerprint density at radius 1 is 1.33 bits per heavy atom. The summed E-state index contributed by atoms with van der Waals surface area (Å²) < 4.78 is 40.8. The molecule has 1 rings (SSSR count). The van der Waals surface area contributed by atoms with Crippen molar-refractivity contribution in [3.8, 4) is 6.07 Å². The van der Waals surface area contributed by atoms with Gasteiger partial charge in [0, 0.05) is 19.0 Å². The number of hydrogen-bond donors (Lipinski definition) is 0. The summed E-state index contributed by atoms with van der Waals surface area (Å²) >= 11 is -0.0508. The Bertz CT molecular complexity index is 243. The lowest BCUT2D eigenvalue weighted by Crippen LogP contribution is -2.29. The highest BCUT2D eigenvalue weighted by molar-refractivity contribution is 8.00. The van der Waals surface area contributed by atoms with Gasteiger partial charge in [-0.25, -0.2) is 0 Å². The van der Waals surface area contributed by atoms with E-state index < -0.39 is 10.9 Å². The number of nitrogens with zero attached hydrogens (tertiary/aromatic N) is 1. The first-order chi connectivity index (χ1) is 6.97. The first-order valence-corrected chi connectivity index (χ1v) is 5.66. The molecule has 0 unspecified atom stereocenters. The minimum Gasteiger partial charge on any atom is -0.381 e. The molecule has 0 aliphatic carbocycles. The van der Waals surface area contributed by atoms with Crippen molar-refractivity contribution in [1.82, 2.24) is 0 Å². The molecule has 0 bridgehead atoms. The highest BCUT2D eigenvalue weighted by Crippen LogP contribution is 2.38. The van der Waals surface area contributed by atoms with E-state index in [9.17, 15) is 13.2 Å². The quantitative estimate of drug-likeness (QED) is 0.759. The third kappa shape index (κ3) is 4.31.